The molecule has 10 aliphatic carbocycles. The van der Waals surface area contributed by atoms with Crippen LogP contribution in [0.5, 0.6) is 0 Å². The molecular weight excluding hydrogens is 504 g/mol. The highest BCUT2D eigenvalue weighted by Gasteiger charge is 2.70. The summed E-state index contributed by atoms with van der Waals surface area (Å²) < 4.78 is 0. The molecule has 12 rings (SSSR count). The van der Waals surface area contributed by atoms with E-state index in [-0.39, 0.29) is 0 Å². The van der Waals surface area contributed by atoms with Crippen molar-refractivity contribution >= 4 is 0 Å². The maximum absolute atomic E-state index is 2.65. The summed E-state index contributed by atoms with van der Waals surface area (Å²) >= 11 is 0. The summed E-state index contributed by atoms with van der Waals surface area (Å²) in [5.74, 6) is 5.67. The minimum absolute atomic E-state index is 0.484. The normalized spacial score (nSPS) is 45.8. The Morgan fingerprint density at radius 2 is 0.738 bits per heavy atom. The highest BCUT2D eigenvalue weighted by atomic mass is 14.7. The fraction of sp³-hybridized carbons (Fsp3) is 0.714. The molecule has 10 saturated carbocycles. The predicted octanol–water partition coefficient (Wildman–Crippen LogP) is 11.4. The van der Waals surface area contributed by atoms with Gasteiger partial charge in [-0.1, -0.05) is 74.2 Å². The van der Waals surface area contributed by atoms with Gasteiger partial charge in [-0.3, -0.25) is 0 Å². The Balaban J connectivity index is 0.998. The first-order chi connectivity index (χ1) is 20.5. The Bertz CT molecular complexity index is 1200. The van der Waals surface area contributed by atoms with Crippen molar-refractivity contribution in [1.29, 1.82) is 0 Å². The van der Waals surface area contributed by atoms with Gasteiger partial charge < -0.3 is 0 Å². The SMILES string of the molecule is c1cc(C23CC4CC(C2)CC(C25CC6CC(CC(c7ccc(C8CCCC8)cc7)(C6)C2)C5)(C4)C3)ccc1C1CCCC1. The van der Waals surface area contributed by atoms with Crippen LogP contribution in [0, 0.1) is 34.5 Å². The molecule has 0 heterocycles. The topological polar surface area (TPSA) is 0 Å². The van der Waals surface area contributed by atoms with E-state index in [1.54, 1.807) is 60.8 Å². The molecule has 10 aliphatic rings. The lowest BCUT2D eigenvalue weighted by Crippen LogP contribution is -2.66. The molecule has 0 radical (unpaired) electrons. The monoisotopic (exact) mass is 558 g/mol. The first-order valence-electron chi connectivity index (χ1n) is 18.7. The number of rotatable bonds is 5. The third-order valence-electron chi connectivity index (χ3n) is 15.9. The van der Waals surface area contributed by atoms with E-state index in [4.69, 9.17) is 0 Å². The zero-order valence-electron chi connectivity index (χ0n) is 26.2. The molecule has 10 fully saturated rings. The predicted molar refractivity (Wildman–Crippen MR) is 173 cm³/mol. The van der Waals surface area contributed by atoms with Crippen LogP contribution in [0.25, 0.3) is 0 Å². The van der Waals surface area contributed by atoms with Crippen LogP contribution < -0.4 is 0 Å². The van der Waals surface area contributed by atoms with Crippen LogP contribution in [0.4, 0.5) is 0 Å². The van der Waals surface area contributed by atoms with Crippen molar-refractivity contribution in [2.24, 2.45) is 34.5 Å². The fourth-order valence-electron chi connectivity index (χ4n) is 15.2. The van der Waals surface area contributed by atoms with Gasteiger partial charge in [0.1, 0.15) is 0 Å². The molecule has 2 aromatic carbocycles. The molecule has 0 spiro atoms. The summed E-state index contributed by atoms with van der Waals surface area (Å²) in [7, 11) is 0. The van der Waals surface area contributed by atoms with Crippen LogP contribution in [-0.4, -0.2) is 0 Å². The maximum atomic E-state index is 2.65. The van der Waals surface area contributed by atoms with E-state index in [2.05, 4.69) is 48.5 Å². The fourth-order valence-corrected chi connectivity index (χ4v) is 15.2. The molecule has 0 heteroatoms. The molecule has 0 N–H and O–H groups in total. The Morgan fingerprint density at radius 3 is 1.07 bits per heavy atom. The van der Waals surface area contributed by atoms with Crippen molar-refractivity contribution in [3.05, 3.63) is 70.8 Å². The van der Waals surface area contributed by atoms with E-state index in [0.29, 0.717) is 21.7 Å². The van der Waals surface area contributed by atoms with E-state index in [0.717, 1.165) is 35.5 Å². The lowest BCUT2D eigenvalue weighted by atomic mass is 9.30. The van der Waals surface area contributed by atoms with Crippen molar-refractivity contribution in [3.8, 4) is 0 Å². The number of hydrogen-bond donors (Lipinski definition) is 0. The number of benzene rings is 2. The van der Waals surface area contributed by atoms with Crippen LogP contribution in [-0.2, 0) is 10.8 Å². The largest absolute Gasteiger partial charge is 0.0585 e. The molecule has 4 atom stereocenters. The van der Waals surface area contributed by atoms with Crippen molar-refractivity contribution in [1.82, 2.24) is 0 Å². The Morgan fingerprint density at radius 1 is 0.405 bits per heavy atom. The second-order valence-electron chi connectivity index (χ2n) is 18.3. The van der Waals surface area contributed by atoms with Crippen molar-refractivity contribution in [2.75, 3.05) is 0 Å². The van der Waals surface area contributed by atoms with Crippen LogP contribution in [0.1, 0.15) is 163 Å². The smallest absolute Gasteiger partial charge is 0.00362 e. The minimum Gasteiger partial charge on any atom is -0.0585 e. The summed E-state index contributed by atoms with van der Waals surface area (Å²) in [5.41, 5.74) is 9.02. The minimum atomic E-state index is 0.484. The van der Waals surface area contributed by atoms with Gasteiger partial charge in [0, 0.05) is 0 Å². The van der Waals surface area contributed by atoms with E-state index in [1.807, 2.05) is 0 Å². The maximum Gasteiger partial charge on any atom is -0.00362 e. The highest BCUT2D eigenvalue weighted by Crippen LogP contribution is 2.78. The van der Waals surface area contributed by atoms with Crippen molar-refractivity contribution < 1.29 is 0 Å². The van der Waals surface area contributed by atoms with Gasteiger partial charge in [0.05, 0.1) is 0 Å². The lowest BCUT2D eigenvalue weighted by Gasteiger charge is -2.74. The van der Waals surface area contributed by atoms with Crippen LogP contribution in [0.2, 0.25) is 0 Å². The lowest BCUT2D eigenvalue weighted by molar-refractivity contribution is -0.212. The van der Waals surface area contributed by atoms with Gasteiger partial charge in [-0.25, -0.2) is 0 Å². The molecular formula is C42H54. The van der Waals surface area contributed by atoms with Gasteiger partial charge >= 0.3 is 0 Å². The summed E-state index contributed by atoms with van der Waals surface area (Å²) in [4.78, 5) is 0. The van der Waals surface area contributed by atoms with Gasteiger partial charge in [0.15, 0.2) is 0 Å². The third-order valence-corrected chi connectivity index (χ3v) is 15.9. The van der Waals surface area contributed by atoms with Gasteiger partial charge in [-0.15, -0.1) is 0 Å². The second-order valence-corrected chi connectivity index (χ2v) is 18.3. The second kappa shape index (κ2) is 9.01. The first kappa shape index (κ1) is 25.7. The Hall–Kier alpha value is -1.56. The molecule has 42 heavy (non-hydrogen) atoms. The molecule has 0 aromatic heterocycles. The molecule has 0 amide bonds. The summed E-state index contributed by atoms with van der Waals surface area (Å²) in [6.07, 6.45) is 30.0. The van der Waals surface area contributed by atoms with Gasteiger partial charge in [0.2, 0.25) is 0 Å². The van der Waals surface area contributed by atoms with Crippen LogP contribution in [0.15, 0.2) is 48.5 Å². The van der Waals surface area contributed by atoms with Gasteiger partial charge in [-0.05, 0) is 182 Å². The molecule has 8 bridgehead atoms. The van der Waals surface area contributed by atoms with E-state index >= 15 is 0 Å². The zero-order chi connectivity index (χ0) is 27.6. The van der Waals surface area contributed by atoms with Gasteiger partial charge in [-0.2, -0.15) is 0 Å². The third kappa shape index (κ3) is 3.65. The molecule has 0 nitrogen and oxygen atoms in total. The van der Waals surface area contributed by atoms with E-state index in [9.17, 15) is 0 Å². The molecule has 2 aromatic rings. The molecule has 222 valence electrons. The summed E-state index contributed by atoms with van der Waals surface area (Å²) in [5, 5.41) is 0. The average Bonchev–Trinajstić information content (AvgIpc) is 3.72. The van der Waals surface area contributed by atoms with Gasteiger partial charge in [0.25, 0.3) is 0 Å². The quantitative estimate of drug-likeness (QED) is 0.342. The van der Waals surface area contributed by atoms with Crippen molar-refractivity contribution in [3.63, 3.8) is 0 Å². The van der Waals surface area contributed by atoms with Crippen LogP contribution in [0.3, 0.4) is 0 Å². The summed E-state index contributed by atoms with van der Waals surface area (Å²) in [6, 6.07) is 21.0. The molecule has 0 aliphatic heterocycles. The van der Waals surface area contributed by atoms with E-state index in [1.165, 1.54) is 89.9 Å². The summed E-state index contributed by atoms with van der Waals surface area (Å²) in [6.45, 7) is 0. The van der Waals surface area contributed by atoms with Crippen LogP contribution >= 0.6 is 0 Å². The standard InChI is InChI=1S/C42H54/c1-2-6-33(5-1)35-9-13-37(14-10-35)39-19-29-17-30(20-39)24-41(23-29,27-39)42-25-31-18-32(26-42)22-40(21-31,28-42)38-15-11-36(12-16-38)34-7-3-4-8-34/h9-16,29-34H,1-8,17-28H2. The highest BCUT2D eigenvalue weighted by molar-refractivity contribution is 5.38. The zero-order valence-corrected chi connectivity index (χ0v) is 26.2. The first-order valence-corrected chi connectivity index (χ1v) is 18.7. The number of hydrogen-bond acceptors (Lipinski definition) is 0. The Labute approximate surface area is 255 Å². The molecule has 4 unspecified atom stereocenters. The Kier molecular flexibility index (Phi) is 5.52. The van der Waals surface area contributed by atoms with Crippen molar-refractivity contribution in [2.45, 2.75) is 151 Å². The van der Waals surface area contributed by atoms with E-state index < -0.39 is 0 Å². The average molecular weight is 559 g/mol. The molecule has 0 saturated heterocycles.